The number of likely N-dealkylation sites (N-methyl/N-ethyl adjacent to an activating group) is 1. The molecule has 0 amide bonds. The van der Waals surface area contributed by atoms with Crippen LogP contribution in [0, 0.1) is 5.41 Å². The molecule has 0 spiro atoms. The van der Waals surface area contributed by atoms with Crippen molar-refractivity contribution >= 4 is 11.6 Å². The highest BCUT2D eigenvalue weighted by Crippen LogP contribution is 2.25. The molecule has 0 aliphatic heterocycles. The fourth-order valence-electron chi connectivity index (χ4n) is 2.09. The second-order valence-corrected chi connectivity index (χ2v) is 7.15. The van der Waals surface area contributed by atoms with Crippen LogP contribution < -0.4 is 5.32 Å². The van der Waals surface area contributed by atoms with E-state index in [2.05, 4.69) is 51.0 Å². The molecular weight excluding hydrogens is 268 g/mol. The van der Waals surface area contributed by atoms with Gasteiger partial charge in [0.25, 0.3) is 0 Å². The number of nitrogens with one attached hydrogen (secondary N) is 1. The largest absolute Gasteiger partial charge is 0.315 e. The second kappa shape index (κ2) is 8.02. The van der Waals surface area contributed by atoms with Gasteiger partial charge < -0.3 is 5.32 Å². The van der Waals surface area contributed by atoms with E-state index in [0.29, 0.717) is 11.5 Å². The molecule has 3 heteroatoms. The maximum Gasteiger partial charge on any atom is 0.0453 e. The van der Waals surface area contributed by atoms with Crippen molar-refractivity contribution < 1.29 is 0 Å². The smallest absolute Gasteiger partial charge is 0.0453 e. The Morgan fingerprint density at radius 1 is 1.20 bits per heavy atom. The van der Waals surface area contributed by atoms with Gasteiger partial charge in [-0.2, -0.15) is 0 Å². The first kappa shape index (κ1) is 17.5. The Hall–Kier alpha value is -0.570. The van der Waals surface area contributed by atoms with E-state index in [0.717, 1.165) is 24.7 Å². The Bertz CT molecular complexity index is 398. The van der Waals surface area contributed by atoms with E-state index in [-0.39, 0.29) is 0 Å². The third-order valence-corrected chi connectivity index (χ3v) is 4.05. The molecule has 1 aromatic rings. The summed E-state index contributed by atoms with van der Waals surface area (Å²) in [5.41, 5.74) is 1.61. The van der Waals surface area contributed by atoms with Crippen LogP contribution in [0.15, 0.2) is 24.3 Å². The van der Waals surface area contributed by atoms with Gasteiger partial charge in [-0.25, -0.2) is 0 Å². The van der Waals surface area contributed by atoms with Gasteiger partial charge in [-0.15, -0.1) is 0 Å². The maximum absolute atomic E-state index is 6.25. The van der Waals surface area contributed by atoms with Crippen molar-refractivity contribution in [1.82, 2.24) is 10.2 Å². The summed E-state index contributed by atoms with van der Waals surface area (Å²) in [4.78, 5) is 2.34. The molecule has 0 radical (unpaired) electrons. The molecule has 0 heterocycles. The summed E-state index contributed by atoms with van der Waals surface area (Å²) < 4.78 is 0. The predicted octanol–water partition coefficient (Wildman–Crippen LogP) is 4.36. The van der Waals surface area contributed by atoms with Crippen LogP contribution in [0.4, 0.5) is 0 Å². The van der Waals surface area contributed by atoms with Crippen LogP contribution in [0.25, 0.3) is 0 Å². The van der Waals surface area contributed by atoms with Gasteiger partial charge in [0.05, 0.1) is 0 Å². The molecule has 0 aromatic heterocycles. The standard InChI is InChI=1S/C17H29ClN2/c1-14(15-8-6-7-9-16(15)18)20(5)13-12-19-11-10-17(2,3)4/h6-9,14,19H,10-13H2,1-5H3. The summed E-state index contributed by atoms with van der Waals surface area (Å²) >= 11 is 6.25. The van der Waals surface area contributed by atoms with Gasteiger partial charge in [-0.3, -0.25) is 4.90 Å². The topological polar surface area (TPSA) is 15.3 Å². The van der Waals surface area contributed by atoms with Crippen molar-refractivity contribution in [1.29, 1.82) is 0 Å². The van der Waals surface area contributed by atoms with Gasteiger partial charge in [0.1, 0.15) is 0 Å². The Kier molecular flexibility index (Phi) is 7.01. The first-order chi connectivity index (χ1) is 9.31. The van der Waals surface area contributed by atoms with Crippen molar-refractivity contribution in [2.24, 2.45) is 5.41 Å². The van der Waals surface area contributed by atoms with Crippen LogP contribution in [0.1, 0.15) is 45.7 Å². The summed E-state index contributed by atoms with van der Waals surface area (Å²) in [7, 11) is 2.15. The lowest BCUT2D eigenvalue weighted by Crippen LogP contribution is -2.32. The normalized spacial score (nSPS) is 13.8. The lowest BCUT2D eigenvalue weighted by atomic mass is 9.92. The highest BCUT2D eigenvalue weighted by molar-refractivity contribution is 6.31. The molecular formula is C17H29ClN2. The number of halogens is 1. The van der Waals surface area contributed by atoms with Gasteiger partial charge in [0.15, 0.2) is 0 Å². The Morgan fingerprint density at radius 3 is 2.45 bits per heavy atom. The molecule has 1 rings (SSSR count). The Labute approximate surface area is 129 Å². The minimum absolute atomic E-state index is 0.341. The van der Waals surface area contributed by atoms with Crippen LogP contribution in [0.5, 0.6) is 0 Å². The molecule has 0 aliphatic carbocycles. The Morgan fingerprint density at radius 2 is 1.85 bits per heavy atom. The number of hydrogen-bond donors (Lipinski definition) is 1. The average molecular weight is 297 g/mol. The molecule has 20 heavy (non-hydrogen) atoms. The van der Waals surface area contributed by atoms with E-state index >= 15 is 0 Å². The molecule has 0 fully saturated rings. The number of nitrogens with zero attached hydrogens (tertiary/aromatic N) is 1. The molecule has 114 valence electrons. The minimum Gasteiger partial charge on any atom is -0.315 e. The summed E-state index contributed by atoms with van der Waals surface area (Å²) in [6, 6.07) is 8.44. The highest BCUT2D eigenvalue weighted by Gasteiger charge is 2.14. The van der Waals surface area contributed by atoms with Crippen LogP contribution >= 0.6 is 11.6 Å². The van der Waals surface area contributed by atoms with Crippen molar-refractivity contribution in [2.75, 3.05) is 26.7 Å². The SMILES string of the molecule is CC(c1ccccc1Cl)N(C)CCNCCC(C)(C)C. The lowest BCUT2D eigenvalue weighted by molar-refractivity contribution is 0.258. The van der Waals surface area contributed by atoms with Crippen molar-refractivity contribution in [3.8, 4) is 0 Å². The van der Waals surface area contributed by atoms with Gasteiger partial charge in [0.2, 0.25) is 0 Å². The van der Waals surface area contributed by atoms with Gasteiger partial charge in [0, 0.05) is 24.2 Å². The quantitative estimate of drug-likeness (QED) is 0.752. The van der Waals surface area contributed by atoms with E-state index in [1.807, 2.05) is 18.2 Å². The Balaban J connectivity index is 2.32. The van der Waals surface area contributed by atoms with E-state index in [4.69, 9.17) is 11.6 Å². The van der Waals surface area contributed by atoms with Gasteiger partial charge in [-0.05, 0) is 44.0 Å². The zero-order chi connectivity index (χ0) is 15.2. The van der Waals surface area contributed by atoms with Crippen LogP contribution in [0.2, 0.25) is 5.02 Å². The molecule has 2 nitrogen and oxygen atoms in total. The summed E-state index contributed by atoms with van der Waals surface area (Å²) in [5, 5.41) is 4.37. The number of rotatable bonds is 7. The van der Waals surface area contributed by atoms with Crippen molar-refractivity contribution in [3.05, 3.63) is 34.9 Å². The molecule has 1 N–H and O–H groups in total. The first-order valence-electron chi connectivity index (χ1n) is 7.46. The maximum atomic E-state index is 6.25. The van der Waals surface area contributed by atoms with E-state index in [9.17, 15) is 0 Å². The zero-order valence-electron chi connectivity index (χ0n) is 13.5. The first-order valence-corrected chi connectivity index (χ1v) is 7.84. The molecule has 0 saturated carbocycles. The van der Waals surface area contributed by atoms with Crippen LogP contribution in [-0.2, 0) is 0 Å². The summed E-state index contributed by atoms with van der Waals surface area (Å²) in [6.45, 7) is 12.2. The van der Waals surface area contributed by atoms with E-state index in [1.165, 1.54) is 12.0 Å². The summed E-state index contributed by atoms with van der Waals surface area (Å²) in [5.74, 6) is 0. The molecule has 0 aliphatic rings. The fourth-order valence-corrected chi connectivity index (χ4v) is 2.38. The van der Waals surface area contributed by atoms with Crippen LogP contribution in [0.3, 0.4) is 0 Å². The predicted molar refractivity (Wildman–Crippen MR) is 89.4 cm³/mol. The third-order valence-electron chi connectivity index (χ3n) is 3.71. The lowest BCUT2D eigenvalue weighted by Gasteiger charge is -2.26. The minimum atomic E-state index is 0.341. The zero-order valence-corrected chi connectivity index (χ0v) is 14.3. The second-order valence-electron chi connectivity index (χ2n) is 6.74. The molecule has 1 aromatic carbocycles. The van der Waals surface area contributed by atoms with Crippen molar-refractivity contribution in [2.45, 2.75) is 40.2 Å². The molecule has 0 bridgehead atoms. The highest BCUT2D eigenvalue weighted by atomic mass is 35.5. The molecule has 1 atom stereocenters. The van der Waals surface area contributed by atoms with E-state index < -0.39 is 0 Å². The molecule has 1 unspecified atom stereocenters. The number of hydrogen-bond acceptors (Lipinski definition) is 2. The van der Waals surface area contributed by atoms with Gasteiger partial charge in [-0.1, -0.05) is 50.6 Å². The van der Waals surface area contributed by atoms with E-state index in [1.54, 1.807) is 0 Å². The monoisotopic (exact) mass is 296 g/mol. The fraction of sp³-hybridized carbons (Fsp3) is 0.647. The third kappa shape index (κ3) is 6.25. The number of benzene rings is 1. The van der Waals surface area contributed by atoms with Crippen molar-refractivity contribution in [3.63, 3.8) is 0 Å². The average Bonchev–Trinajstić information content (AvgIpc) is 2.36. The van der Waals surface area contributed by atoms with Crippen LogP contribution in [-0.4, -0.2) is 31.6 Å². The van der Waals surface area contributed by atoms with Gasteiger partial charge >= 0.3 is 0 Å². The molecule has 0 saturated heterocycles. The summed E-state index contributed by atoms with van der Waals surface area (Å²) in [6.07, 6.45) is 1.21.